The molecule has 1 saturated heterocycles. The van der Waals surface area contributed by atoms with Crippen LogP contribution in [0.1, 0.15) is 12.8 Å². The second kappa shape index (κ2) is 8.08. The minimum absolute atomic E-state index is 0.0184. The summed E-state index contributed by atoms with van der Waals surface area (Å²) in [5.74, 6) is 2.07. The van der Waals surface area contributed by atoms with E-state index in [1.807, 2.05) is 30.3 Å². The van der Waals surface area contributed by atoms with Crippen molar-refractivity contribution < 1.29 is 14.1 Å². The summed E-state index contributed by atoms with van der Waals surface area (Å²) < 4.78 is 9.95. The van der Waals surface area contributed by atoms with E-state index in [-0.39, 0.29) is 11.8 Å². The Labute approximate surface area is 162 Å². The number of nitrogens with zero attached hydrogens (tertiary/aromatic N) is 4. The van der Waals surface area contributed by atoms with Crippen molar-refractivity contribution in [2.45, 2.75) is 12.8 Å². The SMILES string of the molecule is COc1ccc(-c2cc(N3CCC(C(=O)Nc4ccon4)CC3)ncn2)cc1. The predicted octanol–water partition coefficient (Wildman–Crippen LogP) is 3.00. The normalized spacial score (nSPS) is 14.7. The van der Waals surface area contributed by atoms with Crippen molar-refractivity contribution in [3.63, 3.8) is 0 Å². The molecule has 1 N–H and O–H groups in total. The molecule has 1 aliphatic rings. The van der Waals surface area contributed by atoms with Gasteiger partial charge in [-0.15, -0.1) is 0 Å². The van der Waals surface area contributed by atoms with Crippen molar-refractivity contribution in [3.8, 4) is 17.0 Å². The van der Waals surface area contributed by atoms with Gasteiger partial charge in [-0.05, 0) is 37.1 Å². The Bertz CT molecular complexity index is 919. The van der Waals surface area contributed by atoms with Crippen LogP contribution >= 0.6 is 0 Å². The molecule has 1 aromatic carbocycles. The summed E-state index contributed by atoms with van der Waals surface area (Å²) in [5.41, 5.74) is 1.87. The Balaban J connectivity index is 1.39. The largest absolute Gasteiger partial charge is 0.497 e. The first-order valence-corrected chi connectivity index (χ1v) is 9.15. The van der Waals surface area contributed by atoms with Gasteiger partial charge in [0.1, 0.15) is 24.2 Å². The first kappa shape index (κ1) is 18.0. The standard InChI is InChI=1S/C20H21N5O3/c1-27-16-4-2-14(3-5-16)17-12-19(22-13-21-17)25-9-6-15(7-10-25)20(26)23-18-8-11-28-24-18/h2-5,8,11-13,15H,6-7,9-10H2,1H3,(H,23,24,26). The Hall–Kier alpha value is -3.42. The highest BCUT2D eigenvalue weighted by Gasteiger charge is 2.26. The lowest BCUT2D eigenvalue weighted by atomic mass is 9.96. The van der Waals surface area contributed by atoms with E-state index in [0.717, 1.165) is 48.8 Å². The number of aromatic nitrogens is 3. The highest BCUT2D eigenvalue weighted by Crippen LogP contribution is 2.26. The molecular formula is C20H21N5O3. The van der Waals surface area contributed by atoms with Crippen molar-refractivity contribution in [1.29, 1.82) is 0 Å². The zero-order valence-electron chi connectivity index (χ0n) is 15.5. The lowest BCUT2D eigenvalue weighted by Crippen LogP contribution is -2.38. The Kier molecular flexibility index (Phi) is 5.18. The van der Waals surface area contributed by atoms with Crippen LogP contribution in [0.2, 0.25) is 0 Å². The smallest absolute Gasteiger partial charge is 0.228 e. The topological polar surface area (TPSA) is 93.4 Å². The van der Waals surface area contributed by atoms with E-state index < -0.39 is 0 Å². The highest BCUT2D eigenvalue weighted by atomic mass is 16.5. The zero-order valence-corrected chi connectivity index (χ0v) is 15.5. The third-order valence-electron chi connectivity index (χ3n) is 4.92. The highest BCUT2D eigenvalue weighted by molar-refractivity contribution is 5.91. The van der Waals surface area contributed by atoms with Crippen LogP contribution in [0, 0.1) is 5.92 Å². The number of methoxy groups -OCH3 is 1. The molecule has 0 unspecified atom stereocenters. The summed E-state index contributed by atoms with van der Waals surface area (Å²) in [4.78, 5) is 23.3. The van der Waals surface area contributed by atoms with E-state index in [2.05, 4.69) is 25.3 Å². The fourth-order valence-corrected chi connectivity index (χ4v) is 3.32. The summed E-state index contributed by atoms with van der Waals surface area (Å²) in [5, 5.41) is 6.51. The average Bonchev–Trinajstić information content (AvgIpc) is 3.27. The van der Waals surface area contributed by atoms with Gasteiger partial charge in [0.05, 0.1) is 12.8 Å². The minimum atomic E-state index is -0.0455. The molecule has 4 rings (SSSR count). The van der Waals surface area contributed by atoms with Gasteiger partial charge in [-0.1, -0.05) is 5.16 Å². The monoisotopic (exact) mass is 379 g/mol. The minimum Gasteiger partial charge on any atom is -0.497 e. The van der Waals surface area contributed by atoms with E-state index >= 15 is 0 Å². The number of ether oxygens (including phenoxy) is 1. The molecule has 28 heavy (non-hydrogen) atoms. The van der Waals surface area contributed by atoms with Crippen LogP contribution in [0.5, 0.6) is 5.75 Å². The molecule has 144 valence electrons. The lowest BCUT2D eigenvalue weighted by molar-refractivity contribution is -0.120. The van der Waals surface area contributed by atoms with Gasteiger partial charge >= 0.3 is 0 Å². The van der Waals surface area contributed by atoms with Crippen LogP contribution < -0.4 is 15.0 Å². The van der Waals surface area contributed by atoms with Gasteiger partial charge in [-0.3, -0.25) is 4.79 Å². The molecule has 0 spiro atoms. The van der Waals surface area contributed by atoms with Gasteiger partial charge in [0.2, 0.25) is 5.91 Å². The van der Waals surface area contributed by atoms with Gasteiger partial charge < -0.3 is 19.5 Å². The Morgan fingerprint density at radius 3 is 2.64 bits per heavy atom. The molecule has 3 heterocycles. The molecule has 8 heteroatoms. The van der Waals surface area contributed by atoms with Gasteiger partial charge in [0.15, 0.2) is 5.82 Å². The number of piperidine rings is 1. The molecule has 0 atom stereocenters. The van der Waals surface area contributed by atoms with Crippen LogP contribution in [0.15, 0.2) is 53.5 Å². The zero-order chi connectivity index (χ0) is 19.3. The number of anilines is 2. The van der Waals surface area contributed by atoms with Gasteiger partial charge in [-0.25, -0.2) is 9.97 Å². The number of hydrogen-bond donors (Lipinski definition) is 1. The van der Waals surface area contributed by atoms with Crippen LogP contribution in [0.4, 0.5) is 11.6 Å². The quantitative estimate of drug-likeness (QED) is 0.728. The molecular weight excluding hydrogens is 358 g/mol. The van der Waals surface area contributed by atoms with E-state index in [1.54, 1.807) is 19.5 Å². The third-order valence-corrected chi connectivity index (χ3v) is 4.92. The van der Waals surface area contributed by atoms with Crippen molar-refractivity contribution in [2.75, 3.05) is 30.4 Å². The molecule has 1 amide bonds. The van der Waals surface area contributed by atoms with Crippen molar-refractivity contribution in [3.05, 3.63) is 49.0 Å². The molecule has 8 nitrogen and oxygen atoms in total. The van der Waals surface area contributed by atoms with E-state index in [0.29, 0.717) is 5.82 Å². The molecule has 3 aromatic rings. The maximum atomic E-state index is 12.4. The van der Waals surface area contributed by atoms with E-state index in [1.165, 1.54) is 6.26 Å². The molecule has 1 fully saturated rings. The van der Waals surface area contributed by atoms with Gasteiger partial charge in [0, 0.05) is 36.7 Å². The van der Waals surface area contributed by atoms with Crippen molar-refractivity contribution >= 4 is 17.5 Å². The number of carbonyl (C=O) groups excluding carboxylic acids is 1. The third kappa shape index (κ3) is 3.95. The molecule has 0 aliphatic carbocycles. The number of amides is 1. The maximum Gasteiger partial charge on any atom is 0.228 e. The molecule has 0 bridgehead atoms. The molecule has 2 aromatic heterocycles. The van der Waals surface area contributed by atoms with Crippen LogP contribution in [0.25, 0.3) is 11.3 Å². The summed E-state index contributed by atoms with van der Waals surface area (Å²) in [6, 6.07) is 11.4. The number of benzene rings is 1. The summed E-state index contributed by atoms with van der Waals surface area (Å²) in [6.07, 6.45) is 4.53. The predicted molar refractivity (Wildman–Crippen MR) is 104 cm³/mol. The Morgan fingerprint density at radius 2 is 1.96 bits per heavy atom. The second-order valence-electron chi connectivity index (χ2n) is 6.63. The number of nitrogens with one attached hydrogen (secondary N) is 1. The number of carbonyl (C=O) groups is 1. The molecule has 0 saturated carbocycles. The first-order valence-electron chi connectivity index (χ1n) is 9.15. The lowest BCUT2D eigenvalue weighted by Gasteiger charge is -2.32. The fraction of sp³-hybridized carbons (Fsp3) is 0.300. The maximum absolute atomic E-state index is 12.4. The van der Waals surface area contributed by atoms with Crippen LogP contribution in [-0.4, -0.2) is 41.2 Å². The van der Waals surface area contributed by atoms with Gasteiger partial charge in [0.25, 0.3) is 0 Å². The summed E-state index contributed by atoms with van der Waals surface area (Å²) in [6.45, 7) is 1.52. The number of rotatable bonds is 5. The second-order valence-corrected chi connectivity index (χ2v) is 6.63. The van der Waals surface area contributed by atoms with Crippen molar-refractivity contribution in [1.82, 2.24) is 15.1 Å². The van der Waals surface area contributed by atoms with Gasteiger partial charge in [-0.2, -0.15) is 0 Å². The average molecular weight is 379 g/mol. The van der Waals surface area contributed by atoms with E-state index in [4.69, 9.17) is 9.26 Å². The first-order chi connectivity index (χ1) is 13.7. The van der Waals surface area contributed by atoms with E-state index in [9.17, 15) is 4.79 Å². The summed E-state index contributed by atoms with van der Waals surface area (Å²) in [7, 11) is 1.65. The van der Waals surface area contributed by atoms with Crippen molar-refractivity contribution in [2.24, 2.45) is 5.92 Å². The van der Waals surface area contributed by atoms with Crippen LogP contribution in [-0.2, 0) is 4.79 Å². The molecule has 0 radical (unpaired) electrons. The number of hydrogen-bond acceptors (Lipinski definition) is 7. The summed E-state index contributed by atoms with van der Waals surface area (Å²) >= 11 is 0. The van der Waals surface area contributed by atoms with Crippen LogP contribution in [0.3, 0.4) is 0 Å². The fourth-order valence-electron chi connectivity index (χ4n) is 3.32. The molecule has 1 aliphatic heterocycles. The Morgan fingerprint density at radius 1 is 1.18 bits per heavy atom.